The summed E-state index contributed by atoms with van der Waals surface area (Å²) >= 11 is 0. The van der Waals surface area contributed by atoms with Crippen LogP contribution < -0.4 is 4.74 Å². The summed E-state index contributed by atoms with van der Waals surface area (Å²) in [4.78, 5) is 0. The van der Waals surface area contributed by atoms with E-state index in [0.717, 1.165) is 23.8 Å². The minimum Gasteiger partial charge on any atom is -0.494 e. The monoisotopic (exact) mass is 462 g/mol. The molecule has 4 aromatic carbocycles. The third kappa shape index (κ3) is 5.40. The molecule has 0 aliphatic rings. The van der Waals surface area contributed by atoms with Gasteiger partial charge in [0.1, 0.15) is 17.4 Å². The number of aryl methyl sites for hydroxylation is 2. The van der Waals surface area contributed by atoms with Crippen molar-refractivity contribution in [3.05, 3.63) is 112 Å². The Hall–Kier alpha value is -3.78. The smallest absolute Gasteiger partial charge is 0.166 e. The lowest BCUT2D eigenvalue weighted by Gasteiger charge is -2.07. The fourth-order valence-corrected chi connectivity index (χ4v) is 3.63. The molecule has 0 amide bonds. The van der Waals surface area contributed by atoms with Crippen LogP contribution in [0.4, 0.5) is 17.6 Å². The fourth-order valence-electron chi connectivity index (χ4n) is 3.63. The van der Waals surface area contributed by atoms with Gasteiger partial charge >= 0.3 is 0 Å². The first kappa shape index (κ1) is 23.4. The third-order valence-corrected chi connectivity index (χ3v) is 5.44. The summed E-state index contributed by atoms with van der Waals surface area (Å²) in [5, 5.41) is 0.572. The van der Waals surface area contributed by atoms with Crippen LogP contribution in [0.3, 0.4) is 0 Å². The molecule has 0 aliphatic carbocycles. The van der Waals surface area contributed by atoms with Crippen LogP contribution in [-0.4, -0.2) is 6.61 Å². The van der Waals surface area contributed by atoms with Gasteiger partial charge in [-0.1, -0.05) is 43.0 Å². The molecule has 0 fully saturated rings. The Kier molecular flexibility index (Phi) is 7.18. The van der Waals surface area contributed by atoms with Crippen LogP contribution in [0.15, 0.2) is 66.7 Å². The Morgan fingerprint density at radius 3 is 2.12 bits per heavy atom. The van der Waals surface area contributed by atoms with Crippen LogP contribution in [-0.2, 0) is 12.8 Å². The summed E-state index contributed by atoms with van der Waals surface area (Å²) in [6.07, 6.45) is 2.04. The first-order chi connectivity index (χ1) is 16.4. The Morgan fingerprint density at radius 2 is 1.41 bits per heavy atom. The molecule has 172 valence electrons. The second-order valence-electron chi connectivity index (χ2n) is 7.97. The van der Waals surface area contributed by atoms with Crippen molar-refractivity contribution < 1.29 is 22.3 Å². The lowest BCUT2D eigenvalue weighted by molar-refractivity contribution is 0.317. The van der Waals surface area contributed by atoms with Crippen LogP contribution >= 0.6 is 0 Å². The van der Waals surface area contributed by atoms with Crippen molar-refractivity contribution >= 4 is 10.8 Å². The van der Waals surface area contributed by atoms with Crippen LogP contribution in [0.5, 0.6) is 5.75 Å². The van der Waals surface area contributed by atoms with Gasteiger partial charge in [0.25, 0.3) is 0 Å². The molecule has 0 spiro atoms. The molecule has 0 aromatic heterocycles. The number of benzene rings is 4. The predicted molar refractivity (Wildman–Crippen MR) is 126 cm³/mol. The van der Waals surface area contributed by atoms with E-state index in [0.29, 0.717) is 36.0 Å². The van der Waals surface area contributed by atoms with E-state index < -0.39 is 23.3 Å². The van der Waals surface area contributed by atoms with Crippen LogP contribution in [0.1, 0.15) is 35.6 Å². The van der Waals surface area contributed by atoms with E-state index in [1.54, 1.807) is 6.07 Å². The van der Waals surface area contributed by atoms with E-state index in [-0.39, 0.29) is 10.9 Å². The number of hydrogen-bond donors (Lipinski definition) is 0. The highest BCUT2D eigenvalue weighted by atomic mass is 19.2. The maximum Gasteiger partial charge on any atom is 0.166 e. The van der Waals surface area contributed by atoms with Gasteiger partial charge in [-0.2, -0.15) is 0 Å². The van der Waals surface area contributed by atoms with Gasteiger partial charge in [0.05, 0.1) is 12.2 Å². The van der Waals surface area contributed by atoms with E-state index in [4.69, 9.17) is 4.74 Å². The minimum atomic E-state index is -0.939. The third-order valence-electron chi connectivity index (χ3n) is 5.44. The van der Waals surface area contributed by atoms with Crippen LogP contribution in [0.2, 0.25) is 0 Å². The molecule has 0 N–H and O–H groups in total. The normalized spacial score (nSPS) is 10.7. The van der Waals surface area contributed by atoms with Gasteiger partial charge in [-0.15, -0.1) is 0 Å². The Balaban J connectivity index is 1.47. The SMILES string of the molecule is CCCOc1ccc(CCc2cc(F)c(C#Cc3ccc4c(F)c(F)ccc4c3)c(F)c2)cc1. The summed E-state index contributed by atoms with van der Waals surface area (Å²) in [5.74, 6) is 2.69. The molecule has 0 saturated carbocycles. The Bertz CT molecular complexity index is 1360. The minimum absolute atomic E-state index is 0.121. The van der Waals surface area contributed by atoms with Gasteiger partial charge in [-0.3, -0.25) is 0 Å². The molecule has 0 atom stereocenters. The van der Waals surface area contributed by atoms with Gasteiger partial charge in [0.15, 0.2) is 11.6 Å². The van der Waals surface area contributed by atoms with Crippen molar-refractivity contribution in [2.45, 2.75) is 26.2 Å². The quantitative estimate of drug-likeness (QED) is 0.215. The van der Waals surface area contributed by atoms with Gasteiger partial charge < -0.3 is 4.74 Å². The molecular weight excluding hydrogens is 440 g/mol. The second kappa shape index (κ2) is 10.4. The highest BCUT2D eigenvalue weighted by molar-refractivity contribution is 5.84. The predicted octanol–water partition coefficient (Wildman–Crippen LogP) is 7.37. The highest BCUT2D eigenvalue weighted by Crippen LogP contribution is 2.22. The molecule has 1 nitrogen and oxygen atoms in total. The standard InChI is InChI=1S/C29H22F4O/c1-2-15-34-23-10-5-19(6-11-23)3-4-21-17-27(31)25(28(32)18-21)13-8-20-7-12-24-22(16-20)9-14-26(30)29(24)33/h5-7,9-12,14,16-18H,2-4,15H2,1H3. The van der Waals surface area contributed by atoms with Crippen LogP contribution in [0.25, 0.3) is 10.8 Å². The summed E-state index contributed by atoms with van der Waals surface area (Å²) in [7, 11) is 0. The number of ether oxygens (including phenoxy) is 1. The molecule has 0 bridgehead atoms. The maximum absolute atomic E-state index is 14.6. The first-order valence-corrected chi connectivity index (χ1v) is 11.0. The Labute approximate surface area is 196 Å². The molecular formula is C29H22F4O. The van der Waals surface area contributed by atoms with Gasteiger partial charge in [-0.25, -0.2) is 17.6 Å². The number of fused-ring (bicyclic) bond motifs is 1. The van der Waals surface area contributed by atoms with E-state index in [1.165, 1.54) is 30.3 Å². The zero-order valence-electron chi connectivity index (χ0n) is 18.6. The maximum atomic E-state index is 14.6. The number of rotatable bonds is 6. The molecule has 0 radical (unpaired) electrons. The number of halogens is 4. The van der Waals surface area contributed by atoms with Gasteiger partial charge in [0.2, 0.25) is 0 Å². The largest absolute Gasteiger partial charge is 0.494 e. The summed E-state index contributed by atoms with van der Waals surface area (Å²) in [6.45, 7) is 2.70. The first-order valence-electron chi connectivity index (χ1n) is 11.0. The molecule has 5 heteroatoms. The molecule has 0 unspecified atom stereocenters. The molecule has 34 heavy (non-hydrogen) atoms. The molecule has 0 aliphatic heterocycles. The zero-order valence-corrected chi connectivity index (χ0v) is 18.6. The van der Waals surface area contributed by atoms with E-state index >= 15 is 0 Å². The average molecular weight is 462 g/mol. The summed E-state index contributed by atoms with van der Waals surface area (Å²) in [5.41, 5.74) is 1.69. The molecule has 4 aromatic rings. The summed E-state index contributed by atoms with van der Waals surface area (Å²) in [6, 6.07) is 17.2. The zero-order chi connectivity index (χ0) is 24.1. The topological polar surface area (TPSA) is 9.23 Å². The second-order valence-corrected chi connectivity index (χ2v) is 7.97. The van der Waals surface area contributed by atoms with Crippen LogP contribution in [0, 0.1) is 35.1 Å². The van der Waals surface area contributed by atoms with E-state index in [2.05, 4.69) is 11.8 Å². The van der Waals surface area contributed by atoms with E-state index in [1.807, 2.05) is 31.2 Å². The molecule has 0 heterocycles. The van der Waals surface area contributed by atoms with E-state index in [9.17, 15) is 17.6 Å². The van der Waals surface area contributed by atoms with Crippen molar-refractivity contribution in [2.24, 2.45) is 0 Å². The lowest BCUT2D eigenvalue weighted by atomic mass is 10.0. The van der Waals surface area contributed by atoms with Crippen molar-refractivity contribution in [3.8, 4) is 17.6 Å². The lowest BCUT2D eigenvalue weighted by Crippen LogP contribution is -1.98. The fraction of sp³-hybridized carbons (Fsp3) is 0.172. The van der Waals surface area contributed by atoms with Crippen molar-refractivity contribution in [2.75, 3.05) is 6.61 Å². The molecule has 4 rings (SSSR count). The average Bonchev–Trinajstić information content (AvgIpc) is 2.84. The summed E-state index contributed by atoms with van der Waals surface area (Å²) < 4.78 is 62.0. The van der Waals surface area contributed by atoms with Gasteiger partial charge in [0, 0.05) is 10.9 Å². The Morgan fingerprint density at radius 1 is 0.706 bits per heavy atom. The van der Waals surface area contributed by atoms with Gasteiger partial charge in [-0.05, 0) is 78.2 Å². The van der Waals surface area contributed by atoms with Crippen molar-refractivity contribution in [1.82, 2.24) is 0 Å². The molecule has 0 saturated heterocycles. The highest BCUT2D eigenvalue weighted by Gasteiger charge is 2.10. The number of hydrogen-bond acceptors (Lipinski definition) is 1. The van der Waals surface area contributed by atoms with Crippen molar-refractivity contribution in [1.29, 1.82) is 0 Å². The van der Waals surface area contributed by atoms with Crippen molar-refractivity contribution in [3.63, 3.8) is 0 Å².